The quantitative estimate of drug-likeness (QED) is 0.627. The Labute approximate surface area is 166 Å². The van der Waals surface area contributed by atoms with Gasteiger partial charge in [-0.25, -0.2) is 0 Å². The standard InChI is InChI=1S/C19H29N3O2S.ClH/c1-14(2)17(20)18(24)21-12-16(23)22-13-19(10-6-7-11-19)25-15-8-4-3-5-9-15;/h3-5,8-9,14,17H,6-7,10-13,20H2,1-2H3,(H,21,24)(H,22,23);1H/t17-;/m0./s1. The summed E-state index contributed by atoms with van der Waals surface area (Å²) in [5.74, 6) is -0.393. The zero-order chi connectivity index (χ0) is 18.3. The van der Waals surface area contributed by atoms with Crippen molar-refractivity contribution in [1.29, 1.82) is 0 Å². The van der Waals surface area contributed by atoms with E-state index in [0.29, 0.717) is 6.54 Å². The molecule has 1 fully saturated rings. The molecule has 0 heterocycles. The summed E-state index contributed by atoms with van der Waals surface area (Å²) in [6.45, 7) is 4.37. The van der Waals surface area contributed by atoms with E-state index < -0.39 is 6.04 Å². The Kier molecular flexibility index (Phi) is 9.47. The lowest BCUT2D eigenvalue weighted by Crippen LogP contribution is -2.48. The minimum atomic E-state index is -0.581. The van der Waals surface area contributed by atoms with Gasteiger partial charge in [0.2, 0.25) is 11.8 Å². The number of rotatable bonds is 8. The lowest BCUT2D eigenvalue weighted by atomic mass is 10.1. The fourth-order valence-electron chi connectivity index (χ4n) is 2.98. The van der Waals surface area contributed by atoms with Gasteiger partial charge in [0, 0.05) is 16.2 Å². The van der Waals surface area contributed by atoms with Gasteiger partial charge in [0.15, 0.2) is 0 Å². The summed E-state index contributed by atoms with van der Waals surface area (Å²) in [5.41, 5.74) is 5.78. The lowest BCUT2D eigenvalue weighted by Gasteiger charge is -2.28. The molecule has 2 rings (SSSR count). The average molecular weight is 400 g/mol. The van der Waals surface area contributed by atoms with Crippen LogP contribution in [0.25, 0.3) is 0 Å². The van der Waals surface area contributed by atoms with Crippen molar-refractivity contribution in [3.05, 3.63) is 30.3 Å². The highest BCUT2D eigenvalue weighted by Gasteiger charge is 2.35. The van der Waals surface area contributed by atoms with Crippen molar-refractivity contribution in [3.8, 4) is 0 Å². The summed E-state index contributed by atoms with van der Waals surface area (Å²) in [7, 11) is 0. The molecule has 1 aliphatic carbocycles. The van der Waals surface area contributed by atoms with Gasteiger partial charge in [0.1, 0.15) is 0 Å². The van der Waals surface area contributed by atoms with Gasteiger partial charge in [-0.15, -0.1) is 24.2 Å². The van der Waals surface area contributed by atoms with Crippen LogP contribution in [0.5, 0.6) is 0 Å². The molecule has 0 aliphatic heterocycles. The summed E-state index contributed by atoms with van der Waals surface area (Å²) < 4.78 is 0.0510. The number of halogens is 1. The molecule has 4 N–H and O–H groups in total. The van der Waals surface area contributed by atoms with Gasteiger partial charge < -0.3 is 16.4 Å². The predicted octanol–water partition coefficient (Wildman–Crippen LogP) is 2.73. The van der Waals surface area contributed by atoms with Gasteiger partial charge >= 0.3 is 0 Å². The number of hydrogen-bond donors (Lipinski definition) is 3. The number of hydrogen-bond acceptors (Lipinski definition) is 4. The van der Waals surface area contributed by atoms with Crippen LogP contribution in [0.4, 0.5) is 0 Å². The molecule has 1 aliphatic rings. The van der Waals surface area contributed by atoms with Gasteiger partial charge in [-0.1, -0.05) is 44.9 Å². The Morgan fingerprint density at radius 3 is 2.35 bits per heavy atom. The number of thioether (sulfide) groups is 1. The van der Waals surface area contributed by atoms with E-state index in [1.165, 1.54) is 17.7 Å². The van der Waals surface area contributed by atoms with Crippen molar-refractivity contribution in [2.24, 2.45) is 11.7 Å². The van der Waals surface area contributed by atoms with Crippen LogP contribution in [0.2, 0.25) is 0 Å². The predicted molar refractivity (Wildman–Crippen MR) is 110 cm³/mol. The Morgan fingerprint density at radius 1 is 1.15 bits per heavy atom. The third-order valence-corrected chi connectivity index (χ3v) is 6.14. The van der Waals surface area contributed by atoms with Gasteiger partial charge in [0.25, 0.3) is 0 Å². The summed E-state index contributed by atoms with van der Waals surface area (Å²) in [5, 5.41) is 5.61. The van der Waals surface area contributed by atoms with Gasteiger partial charge in [-0.3, -0.25) is 9.59 Å². The van der Waals surface area contributed by atoms with E-state index in [9.17, 15) is 9.59 Å². The van der Waals surface area contributed by atoms with Gasteiger partial charge in [-0.2, -0.15) is 0 Å². The maximum absolute atomic E-state index is 12.1. The van der Waals surface area contributed by atoms with E-state index in [2.05, 4.69) is 22.8 Å². The first kappa shape index (κ1) is 22.8. The summed E-state index contributed by atoms with van der Waals surface area (Å²) in [6, 6.07) is 9.73. The highest BCUT2D eigenvalue weighted by atomic mass is 35.5. The molecule has 0 saturated heterocycles. The molecule has 1 saturated carbocycles. The van der Waals surface area contributed by atoms with Crippen molar-refractivity contribution in [3.63, 3.8) is 0 Å². The molecular formula is C19H30ClN3O2S. The van der Waals surface area contributed by atoms with Crippen LogP contribution >= 0.6 is 24.2 Å². The van der Waals surface area contributed by atoms with Crippen molar-refractivity contribution < 1.29 is 9.59 Å². The highest BCUT2D eigenvalue weighted by molar-refractivity contribution is 8.00. The van der Waals surface area contributed by atoms with Crippen LogP contribution in [0.3, 0.4) is 0 Å². The normalized spacial score (nSPS) is 16.6. The minimum absolute atomic E-state index is 0. The van der Waals surface area contributed by atoms with E-state index >= 15 is 0 Å². The third kappa shape index (κ3) is 6.82. The molecule has 0 aromatic heterocycles. The molecule has 5 nitrogen and oxygen atoms in total. The molecule has 7 heteroatoms. The number of amides is 2. The summed E-state index contributed by atoms with van der Waals surface area (Å²) in [6.07, 6.45) is 4.57. The maximum atomic E-state index is 12.1. The Hall–Kier alpha value is -1.24. The summed E-state index contributed by atoms with van der Waals surface area (Å²) >= 11 is 1.85. The fourth-order valence-corrected chi connectivity index (χ4v) is 4.41. The monoisotopic (exact) mass is 399 g/mol. The van der Waals surface area contributed by atoms with Crippen molar-refractivity contribution in [1.82, 2.24) is 10.6 Å². The summed E-state index contributed by atoms with van der Waals surface area (Å²) in [4.78, 5) is 25.2. The molecule has 2 amide bonds. The second kappa shape index (κ2) is 10.8. The molecule has 0 unspecified atom stereocenters. The largest absolute Gasteiger partial charge is 0.353 e. The Morgan fingerprint density at radius 2 is 1.77 bits per heavy atom. The molecule has 1 aromatic carbocycles. The zero-order valence-corrected chi connectivity index (χ0v) is 17.1. The average Bonchev–Trinajstić information content (AvgIpc) is 3.06. The number of carbonyl (C=O) groups is 2. The first-order chi connectivity index (χ1) is 11.9. The SMILES string of the molecule is CC(C)[C@H](N)C(=O)NCC(=O)NCC1(Sc2ccccc2)CCCC1.Cl. The van der Waals surface area contributed by atoms with E-state index in [1.807, 2.05) is 43.8 Å². The molecule has 1 aromatic rings. The fraction of sp³-hybridized carbons (Fsp3) is 0.579. The molecule has 0 bridgehead atoms. The van der Waals surface area contributed by atoms with Gasteiger partial charge in [-0.05, 0) is 30.9 Å². The molecular weight excluding hydrogens is 370 g/mol. The number of nitrogens with one attached hydrogen (secondary N) is 2. The molecule has 1 atom stereocenters. The topological polar surface area (TPSA) is 84.2 Å². The first-order valence-corrected chi connectivity index (χ1v) is 9.78. The third-order valence-electron chi connectivity index (χ3n) is 4.64. The number of benzene rings is 1. The second-order valence-corrected chi connectivity index (χ2v) is 8.61. The highest BCUT2D eigenvalue weighted by Crippen LogP contribution is 2.44. The smallest absolute Gasteiger partial charge is 0.239 e. The Bertz CT molecular complexity index is 577. The van der Waals surface area contributed by atoms with E-state index in [4.69, 9.17) is 5.73 Å². The van der Waals surface area contributed by atoms with Gasteiger partial charge in [0.05, 0.1) is 12.6 Å². The first-order valence-electron chi connectivity index (χ1n) is 8.96. The van der Waals surface area contributed by atoms with E-state index in [1.54, 1.807) is 0 Å². The molecule has 146 valence electrons. The van der Waals surface area contributed by atoms with Crippen molar-refractivity contribution in [2.45, 2.75) is 55.2 Å². The molecule has 0 spiro atoms. The van der Waals surface area contributed by atoms with Crippen molar-refractivity contribution >= 4 is 36.0 Å². The van der Waals surface area contributed by atoms with Crippen LogP contribution in [-0.4, -0.2) is 35.7 Å². The van der Waals surface area contributed by atoms with E-state index in [0.717, 1.165) is 12.8 Å². The number of carbonyl (C=O) groups excluding carboxylic acids is 2. The Balaban J connectivity index is 0.00000338. The molecule has 0 radical (unpaired) electrons. The maximum Gasteiger partial charge on any atom is 0.239 e. The second-order valence-electron chi connectivity index (χ2n) is 7.07. The van der Waals surface area contributed by atoms with Crippen LogP contribution in [-0.2, 0) is 9.59 Å². The lowest BCUT2D eigenvalue weighted by molar-refractivity contribution is -0.127. The minimum Gasteiger partial charge on any atom is -0.353 e. The van der Waals surface area contributed by atoms with Crippen LogP contribution < -0.4 is 16.4 Å². The number of nitrogens with two attached hydrogens (primary N) is 1. The van der Waals surface area contributed by atoms with Crippen LogP contribution in [0, 0.1) is 5.92 Å². The zero-order valence-electron chi connectivity index (χ0n) is 15.5. The molecule has 26 heavy (non-hydrogen) atoms. The van der Waals surface area contributed by atoms with Crippen LogP contribution in [0.15, 0.2) is 35.2 Å². The van der Waals surface area contributed by atoms with Crippen molar-refractivity contribution in [2.75, 3.05) is 13.1 Å². The van der Waals surface area contributed by atoms with E-state index in [-0.39, 0.29) is 41.4 Å². The van der Waals surface area contributed by atoms with Crippen LogP contribution in [0.1, 0.15) is 39.5 Å².